The number of carbonyl (C=O) groups is 2. The van der Waals surface area contributed by atoms with Gasteiger partial charge in [0.25, 0.3) is 11.8 Å². The number of aromatic nitrogens is 2. The third-order valence-electron chi connectivity index (χ3n) is 3.42. The van der Waals surface area contributed by atoms with Gasteiger partial charge in [0.1, 0.15) is 11.4 Å². The van der Waals surface area contributed by atoms with Crippen LogP contribution in [-0.4, -0.2) is 32.6 Å². The molecule has 0 N–H and O–H groups in total. The predicted molar refractivity (Wildman–Crippen MR) is 85.1 cm³/mol. The molecule has 5 nitrogen and oxygen atoms in total. The van der Waals surface area contributed by atoms with E-state index < -0.39 is 0 Å². The predicted octanol–water partition coefficient (Wildman–Crippen LogP) is 3.04. The Labute approximate surface area is 134 Å². The Bertz CT molecular complexity index is 871. The van der Waals surface area contributed by atoms with Gasteiger partial charge in [0.2, 0.25) is 0 Å². The van der Waals surface area contributed by atoms with E-state index in [0.717, 1.165) is 15.2 Å². The number of thioether (sulfide) groups is 1. The molecule has 0 saturated heterocycles. The van der Waals surface area contributed by atoms with Gasteiger partial charge in [0, 0.05) is 0 Å². The van der Waals surface area contributed by atoms with Crippen molar-refractivity contribution in [1.29, 1.82) is 0 Å². The summed E-state index contributed by atoms with van der Waals surface area (Å²) in [5.74, 6) is -0.245. The molecule has 7 heteroatoms. The van der Waals surface area contributed by atoms with Gasteiger partial charge in [0.05, 0.1) is 27.2 Å². The van der Waals surface area contributed by atoms with E-state index in [1.807, 2.05) is 11.4 Å². The summed E-state index contributed by atoms with van der Waals surface area (Å²) in [7, 11) is 0. The fraction of sp³-hybridized carbons (Fsp3) is 0.0667. The van der Waals surface area contributed by atoms with E-state index in [2.05, 4.69) is 9.97 Å². The van der Waals surface area contributed by atoms with E-state index in [0.29, 0.717) is 11.1 Å². The fourth-order valence-corrected chi connectivity index (χ4v) is 4.24. The first kappa shape index (κ1) is 13.4. The number of nitrogens with zero attached hydrogens (tertiary/aromatic N) is 3. The maximum Gasteiger partial charge on any atom is 0.262 e. The molecule has 3 aromatic rings. The van der Waals surface area contributed by atoms with E-state index in [1.165, 1.54) is 23.0 Å². The third kappa shape index (κ3) is 2.01. The van der Waals surface area contributed by atoms with E-state index in [4.69, 9.17) is 0 Å². The minimum atomic E-state index is -0.246. The lowest BCUT2D eigenvalue weighted by molar-refractivity contribution is 0.0684. The van der Waals surface area contributed by atoms with Crippen molar-refractivity contribution in [3.63, 3.8) is 0 Å². The molecule has 1 aliphatic rings. The number of imide groups is 1. The largest absolute Gasteiger partial charge is 0.269 e. The van der Waals surface area contributed by atoms with Crippen LogP contribution in [0, 0.1) is 0 Å². The summed E-state index contributed by atoms with van der Waals surface area (Å²) in [4.78, 5) is 34.3. The molecular formula is C15H9N3O2S2. The Hall–Kier alpha value is -2.25. The second-order valence-electron chi connectivity index (χ2n) is 4.67. The molecule has 0 bridgehead atoms. The number of fused-ring (bicyclic) bond motifs is 2. The van der Waals surface area contributed by atoms with Crippen molar-refractivity contribution in [2.75, 3.05) is 5.88 Å². The van der Waals surface area contributed by atoms with Crippen LogP contribution in [0.3, 0.4) is 0 Å². The molecule has 2 aromatic heterocycles. The van der Waals surface area contributed by atoms with Crippen LogP contribution in [0.25, 0.3) is 10.2 Å². The molecule has 0 spiro atoms. The Morgan fingerprint density at radius 2 is 1.77 bits per heavy atom. The van der Waals surface area contributed by atoms with Crippen molar-refractivity contribution in [2.45, 2.75) is 5.03 Å². The van der Waals surface area contributed by atoms with Crippen LogP contribution in [-0.2, 0) is 0 Å². The van der Waals surface area contributed by atoms with Crippen molar-refractivity contribution in [2.24, 2.45) is 0 Å². The number of carbonyl (C=O) groups excluding carboxylic acids is 2. The topological polar surface area (TPSA) is 63.2 Å². The van der Waals surface area contributed by atoms with Crippen molar-refractivity contribution in [3.05, 3.63) is 53.2 Å². The lowest BCUT2D eigenvalue weighted by Crippen LogP contribution is -2.29. The Kier molecular flexibility index (Phi) is 3.16. The highest BCUT2D eigenvalue weighted by atomic mass is 32.2. The second-order valence-corrected chi connectivity index (χ2v) is 6.52. The normalized spacial score (nSPS) is 13.9. The lowest BCUT2D eigenvalue weighted by Gasteiger charge is -2.12. The molecule has 0 saturated carbocycles. The average Bonchev–Trinajstić information content (AvgIpc) is 3.11. The number of benzene rings is 1. The Balaban J connectivity index is 1.59. The number of amides is 2. The number of thiophene rings is 1. The highest BCUT2D eigenvalue weighted by Crippen LogP contribution is 2.31. The zero-order valence-corrected chi connectivity index (χ0v) is 12.9. The number of hydrogen-bond acceptors (Lipinski definition) is 6. The molecule has 1 aromatic carbocycles. The highest BCUT2D eigenvalue weighted by molar-refractivity contribution is 7.99. The molecule has 108 valence electrons. The van der Waals surface area contributed by atoms with Gasteiger partial charge in [-0.25, -0.2) is 9.97 Å². The maximum atomic E-state index is 12.3. The first-order valence-corrected chi connectivity index (χ1v) is 8.38. The van der Waals surface area contributed by atoms with E-state index in [1.54, 1.807) is 35.6 Å². The summed E-state index contributed by atoms with van der Waals surface area (Å²) in [6, 6.07) is 8.82. The third-order valence-corrected chi connectivity index (χ3v) is 5.43. The van der Waals surface area contributed by atoms with Crippen LogP contribution in [0.2, 0.25) is 0 Å². The summed E-state index contributed by atoms with van der Waals surface area (Å²) >= 11 is 2.92. The molecule has 0 aliphatic carbocycles. The van der Waals surface area contributed by atoms with Crippen LogP contribution < -0.4 is 0 Å². The molecule has 22 heavy (non-hydrogen) atoms. The van der Waals surface area contributed by atoms with E-state index in [-0.39, 0.29) is 17.7 Å². The maximum absolute atomic E-state index is 12.3. The zero-order chi connectivity index (χ0) is 15.1. The van der Waals surface area contributed by atoms with E-state index >= 15 is 0 Å². The molecule has 4 rings (SSSR count). The van der Waals surface area contributed by atoms with Crippen molar-refractivity contribution in [3.8, 4) is 0 Å². The molecule has 3 heterocycles. The van der Waals surface area contributed by atoms with Crippen LogP contribution in [0.5, 0.6) is 0 Å². The van der Waals surface area contributed by atoms with Crippen molar-refractivity contribution in [1.82, 2.24) is 14.9 Å². The summed E-state index contributed by atoms with van der Waals surface area (Å²) < 4.78 is 0.976. The molecule has 0 unspecified atom stereocenters. The summed E-state index contributed by atoms with van der Waals surface area (Å²) in [5.41, 5.74) is 1.82. The van der Waals surface area contributed by atoms with Crippen molar-refractivity contribution >= 4 is 45.1 Å². The summed E-state index contributed by atoms with van der Waals surface area (Å²) in [6.07, 6.45) is 1.50. The Morgan fingerprint density at radius 3 is 2.50 bits per heavy atom. The van der Waals surface area contributed by atoms with Gasteiger partial charge in [-0.1, -0.05) is 23.9 Å². The highest BCUT2D eigenvalue weighted by Gasteiger charge is 2.35. The van der Waals surface area contributed by atoms with Gasteiger partial charge >= 0.3 is 0 Å². The molecule has 2 amide bonds. The SMILES string of the molecule is O=C1c2ccccc2C(=O)N1CSc1ncnc2ccsc12. The molecule has 0 fully saturated rings. The van der Waals surface area contributed by atoms with Gasteiger partial charge in [-0.2, -0.15) is 0 Å². The minimum absolute atomic E-state index is 0.246. The number of hydrogen-bond donors (Lipinski definition) is 0. The monoisotopic (exact) mass is 327 g/mol. The zero-order valence-electron chi connectivity index (χ0n) is 11.2. The van der Waals surface area contributed by atoms with Crippen LogP contribution >= 0.6 is 23.1 Å². The van der Waals surface area contributed by atoms with Crippen molar-refractivity contribution < 1.29 is 9.59 Å². The van der Waals surface area contributed by atoms with Gasteiger partial charge < -0.3 is 0 Å². The first-order valence-electron chi connectivity index (χ1n) is 6.52. The minimum Gasteiger partial charge on any atom is -0.269 e. The second kappa shape index (κ2) is 5.19. The molecule has 0 atom stereocenters. The standard InChI is InChI=1S/C15H9N3O2S2/c19-14-9-3-1-2-4-10(9)15(20)18(14)8-22-13-12-11(5-6-21-12)16-7-17-13/h1-7H,8H2. The van der Waals surface area contributed by atoms with Gasteiger partial charge in [-0.05, 0) is 23.6 Å². The van der Waals surface area contributed by atoms with Crippen LogP contribution in [0.1, 0.15) is 20.7 Å². The first-order chi connectivity index (χ1) is 10.8. The smallest absolute Gasteiger partial charge is 0.262 e. The fourth-order valence-electron chi connectivity index (χ4n) is 2.35. The number of rotatable bonds is 3. The summed E-state index contributed by atoms with van der Waals surface area (Å²) in [6.45, 7) is 0. The molecular weight excluding hydrogens is 318 g/mol. The van der Waals surface area contributed by atoms with Gasteiger partial charge in [-0.15, -0.1) is 11.3 Å². The average molecular weight is 327 g/mol. The summed E-state index contributed by atoms with van der Waals surface area (Å²) in [5, 5.41) is 2.74. The quantitative estimate of drug-likeness (QED) is 0.420. The molecule has 1 aliphatic heterocycles. The van der Waals surface area contributed by atoms with Gasteiger partial charge in [0.15, 0.2) is 0 Å². The van der Waals surface area contributed by atoms with Crippen LogP contribution in [0.4, 0.5) is 0 Å². The van der Waals surface area contributed by atoms with Crippen LogP contribution in [0.15, 0.2) is 47.1 Å². The van der Waals surface area contributed by atoms with Gasteiger partial charge in [-0.3, -0.25) is 14.5 Å². The van der Waals surface area contributed by atoms with E-state index in [9.17, 15) is 9.59 Å². The Morgan fingerprint density at radius 1 is 1.05 bits per heavy atom. The molecule has 0 radical (unpaired) electrons. The lowest BCUT2D eigenvalue weighted by atomic mass is 10.1.